The van der Waals surface area contributed by atoms with Gasteiger partial charge in [-0.1, -0.05) is 23.9 Å². The SMILES string of the molecule is Cc1ccc(C)c(NC(=O)CSc2ccc3nnc(-c4ccc(F)cc4)n3n2)c1. The number of aryl methyl sites for hydroxylation is 2. The Morgan fingerprint density at radius 1 is 1.07 bits per heavy atom. The lowest BCUT2D eigenvalue weighted by atomic mass is 10.1. The van der Waals surface area contributed by atoms with Crippen molar-refractivity contribution in [3.05, 3.63) is 71.5 Å². The number of hydrogen-bond acceptors (Lipinski definition) is 5. The maximum atomic E-state index is 13.2. The monoisotopic (exact) mass is 407 g/mol. The van der Waals surface area contributed by atoms with Crippen molar-refractivity contribution in [2.75, 3.05) is 11.1 Å². The summed E-state index contributed by atoms with van der Waals surface area (Å²) in [4.78, 5) is 12.4. The number of carbonyl (C=O) groups is 1. The fourth-order valence-electron chi connectivity index (χ4n) is 2.82. The average molecular weight is 407 g/mol. The van der Waals surface area contributed by atoms with Crippen LogP contribution < -0.4 is 5.32 Å². The van der Waals surface area contributed by atoms with E-state index in [0.717, 1.165) is 16.8 Å². The second kappa shape index (κ2) is 8.00. The molecule has 6 nitrogen and oxygen atoms in total. The van der Waals surface area contributed by atoms with Gasteiger partial charge in [0.05, 0.1) is 5.75 Å². The van der Waals surface area contributed by atoms with E-state index >= 15 is 0 Å². The average Bonchev–Trinajstić information content (AvgIpc) is 3.13. The number of benzene rings is 2. The number of halogens is 1. The molecule has 1 N–H and O–H groups in total. The van der Waals surface area contributed by atoms with E-state index in [1.165, 1.54) is 23.9 Å². The molecule has 0 fully saturated rings. The van der Waals surface area contributed by atoms with Crippen molar-refractivity contribution in [3.63, 3.8) is 0 Å². The molecule has 146 valence electrons. The first kappa shape index (κ1) is 19.1. The Bertz CT molecular complexity index is 1190. The van der Waals surface area contributed by atoms with Gasteiger partial charge in [0.15, 0.2) is 11.5 Å². The van der Waals surface area contributed by atoms with Gasteiger partial charge >= 0.3 is 0 Å². The Labute approximate surface area is 171 Å². The molecule has 0 saturated carbocycles. The minimum atomic E-state index is -0.318. The van der Waals surface area contributed by atoms with E-state index in [1.807, 2.05) is 32.0 Å². The molecule has 0 unspecified atom stereocenters. The number of amides is 1. The predicted molar refractivity (Wildman–Crippen MR) is 111 cm³/mol. The maximum Gasteiger partial charge on any atom is 0.234 e. The molecule has 29 heavy (non-hydrogen) atoms. The van der Waals surface area contributed by atoms with Crippen LogP contribution in [0.3, 0.4) is 0 Å². The topological polar surface area (TPSA) is 72.2 Å². The highest BCUT2D eigenvalue weighted by Gasteiger charge is 2.12. The first-order valence-corrected chi connectivity index (χ1v) is 9.96. The molecule has 0 bridgehead atoms. The molecule has 8 heteroatoms. The van der Waals surface area contributed by atoms with E-state index in [2.05, 4.69) is 20.6 Å². The van der Waals surface area contributed by atoms with Gasteiger partial charge in [0, 0.05) is 11.3 Å². The summed E-state index contributed by atoms with van der Waals surface area (Å²) in [6, 6.07) is 15.5. The molecule has 2 aromatic carbocycles. The molecule has 0 aliphatic carbocycles. The molecule has 2 heterocycles. The number of hydrogen-bond donors (Lipinski definition) is 1. The van der Waals surface area contributed by atoms with Crippen LogP contribution in [-0.2, 0) is 4.79 Å². The van der Waals surface area contributed by atoms with Crippen molar-refractivity contribution in [3.8, 4) is 11.4 Å². The Morgan fingerprint density at radius 3 is 2.66 bits per heavy atom. The van der Waals surface area contributed by atoms with Crippen molar-refractivity contribution in [2.24, 2.45) is 0 Å². The zero-order valence-electron chi connectivity index (χ0n) is 15.9. The minimum absolute atomic E-state index is 0.104. The van der Waals surface area contributed by atoms with Crippen molar-refractivity contribution in [2.45, 2.75) is 18.9 Å². The smallest absolute Gasteiger partial charge is 0.234 e. The van der Waals surface area contributed by atoms with Gasteiger partial charge in [-0.15, -0.1) is 10.2 Å². The van der Waals surface area contributed by atoms with Crippen LogP contribution in [-0.4, -0.2) is 31.5 Å². The van der Waals surface area contributed by atoms with Crippen LogP contribution in [0, 0.1) is 19.7 Å². The molecule has 0 aliphatic heterocycles. The molecule has 2 aromatic heterocycles. The van der Waals surface area contributed by atoms with Crippen molar-refractivity contribution >= 4 is 29.0 Å². The number of nitrogens with one attached hydrogen (secondary N) is 1. The highest BCUT2D eigenvalue weighted by molar-refractivity contribution is 7.99. The van der Waals surface area contributed by atoms with Crippen LogP contribution in [0.25, 0.3) is 17.0 Å². The molecule has 0 saturated heterocycles. The quantitative estimate of drug-likeness (QED) is 0.500. The third-order valence-corrected chi connectivity index (χ3v) is 5.28. The molecule has 4 rings (SSSR count). The van der Waals surface area contributed by atoms with Gasteiger partial charge in [-0.25, -0.2) is 4.39 Å². The summed E-state index contributed by atoms with van der Waals surface area (Å²) in [5.74, 6) is 0.317. The van der Waals surface area contributed by atoms with Gasteiger partial charge in [-0.2, -0.15) is 9.61 Å². The highest BCUT2D eigenvalue weighted by Crippen LogP contribution is 2.22. The van der Waals surface area contributed by atoms with Crippen LogP contribution in [0.2, 0.25) is 0 Å². The first-order chi connectivity index (χ1) is 14.0. The summed E-state index contributed by atoms with van der Waals surface area (Å²) in [5.41, 5.74) is 4.21. The predicted octanol–water partition coefficient (Wildman–Crippen LogP) is 4.28. The fourth-order valence-corrected chi connectivity index (χ4v) is 3.48. The van der Waals surface area contributed by atoms with Gasteiger partial charge in [-0.3, -0.25) is 4.79 Å². The van der Waals surface area contributed by atoms with Crippen LogP contribution in [0.5, 0.6) is 0 Å². The molecular formula is C21H18FN5OS. The zero-order valence-corrected chi connectivity index (χ0v) is 16.7. The normalized spacial score (nSPS) is 11.0. The Morgan fingerprint density at radius 2 is 1.86 bits per heavy atom. The summed E-state index contributed by atoms with van der Waals surface area (Å²) in [5, 5.41) is 16.4. The third-order valence-electron chi connectivity index (χ3n) is 4.36. The number of carbonyl (C=O) groups excluding carboxylic acids is 1. The number of anilines is 1. The molecule has 0 radical (unpaired) electrons. The lowest BCUT2D eigenvalue weighted by Crippen LogP contribution is -2.15. The molecule has 1 amide bonds. The van der Waals surface area contributed by atoms with E-state index in [9.17, 15) is 9.18 Å². The highest BCUT2D eigenvalue weighted by atomic mass is 32.2. The minimum Gasteiger partial charge on any atom is -0.325 e. The van der Waals surface area contributed by atoms with E-state index in [-0.39, 0.29) is 17.5 Å². The number of rotatable bonds is 5. The lowest BCUT2D eigenvalue weighted by Gasteiger charge is -2.09. The van der Waals surface area contributed by atoms with Crippen molar-refractivity contribution in [1.29, 1.82) is 0 Å². The standard InChI is InChI=1S/C21H18FN5OS/c1-13-3-4-14(2)17(11-13)23-19(28)12-29-20-10-9-18-24-25-21(27(18)26-20)15-5-7-16(22)8-6-15/h3-11H,12H2,1-2H3,(H,23,28). The number of nitrogens with zero attached hydrogens (tertiary/aromatic N) is 4. The molecular weight excluding hydrogens is 389 g/mol. The fraction of sp³-hybridized carbons (Fsp3) is 0.143. The van der Waals surface area contributed by atoms with E-state index in [1.54, 1.807) is 28.8 Å². The van der Waals surface area contributed by atoms with Gasteiger partial charge in [-0.05, 0) is 67.4 Å². The first-order valence-electron chi connectivity index (χ1n) is 8.98. The second-order valence-electron chi connectivity index (χ2n) is 6.63. The number of thioether (sulfide) groups is 1. The molecule has 0 atom stereocenters. The molecule has 0 aliphatic rings. The second-order valence-corrected chi connectivity index (χ2v) is 7.62. The lowest BCUT2D eigenvalue weighted by molar-refractivity contribution is -0.113. The number of fused-ring (bicyclic) bond motifs is 1. The van der Waals surface area contributed by atoms with Gasteiger partial charge in [0.25, 0.3) is 0 Å². The zero-order chi connectivity index (χ0) is 20.4. The van der Waals surface area contributed by atoms with Crippen LogP contribution in [0.4, 0.5) is 10.1 Å². The van der Waals surface area contributed by atoms with Crippen LogP contribution in [0.1, 0.15) is 11.1 Å². The third kappa shape index (κ3) is 4.27. The molecule has 0 spiro atoms. The Kier molecular flexibility index (Phi) is 5.26. The van der Waals surface area contributed by atoms with E-state index in [0.29, 0.717) is 22.1 Å². The summed E-state index contributed by atoms with van der Waals surface area (Å²) in [6.07, 6.45) is 0. The van der Waals surface area contributed by atoms with Gasteiger partial charge in [0.1, 0.15) is 10.8 Å². The molecule has 4 aromatic rings. The summed E-state index contributed by atoms with van der Waals surface area (Å²) < 4.78 is 14.8. The Balaban J connectivity index is 1.49. The van der Waals surface area contributed by atoms with Gasteiger partial charge in [0.2, 0.25) is 5.91 Å². The largest absolute Gasteiger partial charge is 0.325 e. The summed E-state index contributed by atoms with van der Waals surface area (Å²) in [7, 11) is 0. The maximum absolute atomic E-state index is 13.2. The van der Waals surface area contributed by atoms with Crippen molar-refractivity contribution < 1.29 is 9.18 Å². The van der Waals surface area contributed by atoms with Crippen LogP contribution in [0.15, 0.2) is 59.6 Å². The number of aromatic nitrogens is 4. The van der Waals surface area contributed by atoms with Crippen LogP contribution >= 0.6 is 11.8 Å². The van der Waals surface area contributed by atoms with Gasteiger partial charge < -0.3 is 5.32 Å². The summed E-state index contributed by atoms with van der Waals surface area (Å²) in [6.45, 7) is 3.95. The Hall–Kier alpha value is -3.26. The van der Waals surface area contributed by atoms with E-state index < -0.39 is 0 Å². The summed E-state index contributed by atoms with van der Waals surface area (Å²) >= 11 is 1.32. The van der Waals surface area contributed by atoms with E-state index in [4.69, 9.17) is 0 Å². The van der Waals surface area contributed by atoms with Crippen molar-refractivity contribution in [1.82, 2.24) is 19.8 Å².